The molecule has 1 heterocycles. The Kier molecular flexibility index (Phi) is 10.7. The summed E-state index contributed by atoms with van der Waals surface area (Å²) in [6, 6.07) is 5.34. The minimum absolute atomic E-state index is 0.0157. The van der Waals surface area contributed by atoms with E-state index in [-0.39, 0.29) is 29.5 Å². The zero-order chi connectivity index (χ0) is 30.4. The monoisotopic (exact) mass is 605 g/mol. The Morgan fingerprint density at radius 3 is 2.55 bits per heavy atom. The fourth-order valence-corrected chi connectivity index (χ4v) is 5.98. The first-order valence-corrected chi connectivity index (χ1v) is 14.8. The number of benzene rings is 2. The van der Waals surface area contributed by atoms with Gasteiger partial charge in [0.05, 0.1) is 16.8 Å². The van der Waals surface area contributed by atoms with Crippen LogP contribution in [0.25, 0.3) is 0 Å². The molecule has 1 amide bonds. The van der Waals surface area contributed by atoms with Gasteiger partial charge < -0.3 is 15.2 Å². The predicted molar refractivity (Wildman–Crippen MR) is 160 cm³/mol. The van der Waals surface area contributed by atoms with E-state index in [1.165, 1.54) is 18.6 Å². The van der Waals surface area contributed by atoms with Crippen molar-refractivity contribution >= 4 is 29.0 Å². The fourth-order valence-electron chi connectivity index (χ4n) is 5.73. The van der Waals surface area contributed by atoms with Crippen LogP contribution < -0.4 is 5.32 Å². The van der Waals surface area contributed by atoms with Crippen LogP contribution in [0.1, 0.15) is 71.6 Å². The molecule has 6 nitrogen and oxygen atoms in total. The number of nitrogens with zero attached hydrogens (tertiary/aromatic N) is 2. The summed E-state index contributed by atoms with van der Waals surface area (Å²) >= 11 is 6.33. The van der Waals surface area contributed by atoms with E-state index < -0.39 is 17.6 Å². The molecule has 2 aliphatic rings. The van der Waals surface area contributed by atoms with Crippen LogP contribution in [-0.2, 0) is 30.3 Å². The van der Waals surface area contributed by atoms with Crippen LogP contribution in [0.3, 0.4) is 0 Å². The van der Waals surface area contributed by atoms with Crippen molar-refractivity contribution < 1.29 is 27.8 Å². The Bertz CT molecular complexity index is 1320. The molecule has 2 aromatic carbocycles. The van der Waals surface area contributed by atoms with Gasteiger partial charge in [-0.1, -0.05) is 24.1 Å². The molecule has 2 fully saturated rings. The lowest BCUT2D eigenvalue weighted by Gasteiger charge is -2.27. The molecule has 1 saturated carbocycles. The second-order valence-electron chi connectivity index (χ2n) is 11.3. The van der Waals surface area contributed by atoms with Crippen LogP contribution in [0, 0.1) is 11.8 Å². The predicted octanol–water partition coefficient (Wildman–Crippen LogP) is 7.47. The standard InChI is InChI=1S/C32H39ClF3N3O3/c1-4-8-22-15-26(32(34,35)36)16-24(14-23-13-21(23)9-12-42-3)29(22)37-20(2)38-31(41)28-18-27(33)17-25(30(28)40)19-39-10-6-5-7-11-39/h4,15-18,21,23,40H,1,5-14,19H2,2-3H3,(H,37,38,41). The van der Waals surface area contributed by atoms with Gasteiger partial charge in [0.2, 0.25) is 0 Å². The average molecular weight is 606 g/mol. The van der Waals surface area contributed by atoms with Gasteiger partial charge in [-0.25, -0.2) is 4.99 Å². The maximum Gasteiger partial charge on any atom is 0.416 e. The van der Waals surface area contributed by atoms with E-state index in [1.54, 1.807) is 26.2 Å². The third-order valence-electron chi connectivity index (χ3n) is 8.02. The molecule has 2 unspecified atom stereocenters. The van der Waals surface area contributed by atoms with Crippen LogP contribution in [0.2, 0.25) is 5.02 Å². The second kappa shape index (κ2) is 14.1. The number of phenolic OH excluding ortho intramolecular Hbond substituents is 1. The number of amides is 1. The van der Waals surface area contributed by atoms with Crippen molar-refractivity contribution in [1.29, 1.82) is 0 Å². The van der Waals surface area contributed by atoms with Crippen LogP contribution in [0.5, 0.6) is 5.75 Å². The molecule has 0 spiro atoms. The highest BCUT2D eigenvalue weighted by Crippen LogP contribution is 2.46. The largest absolute Gasteiger partial charge is 0.507 e. The number of hydrogen-bond acceptors (Lipinski definition) is 5. The van der Waals surface area contributed by atoms with Gasteiger partial charge in [0.1, 0.15) is 11.6 Å². The minimum atomic E-state index is -4.51. The molecular weight excluding hydrogens is 567 g/mol. The summed E-state index contributed by atoms with van der Waals surface area (Å²) in [6.45, 7) is 8.20. The molecule has 2 atom stereocenters. The highest BCUT2D eigenvalue weighted by atomic mass is 35.5. The summed E-state index contributed by atoms with van der Waals surface area (Å²) in [6.07, 6.45) is 2.77. The van der Waals surface area contributed by atoms with Gasteiger partial charge in [-0.05, 0) is 106 Å². The number of carbonyl (C=O) groups is 1. The lowest BCUT2D eigenvalue weighted by atomic mass is 9.96. The van der Waals surface area contributed by atoms with Crippen molar-refractivity contribution in [2.24, 2.45) is 16.8 Å². The number of aromatic hydroxyl groups is 1. The number of aliphatic imine (C=N–C) groups is 1. The lowest BCUT2D eigenvalue weighted by molar-refractivity contribution is -0.137. The average Bonchev–Trinajstić information content (AvgIpc) is 3.68. The fraction of sp³-hybridized carbons (Fsp3) is 0.500. The number of ether oxygens (including phenoxy) is 1. The summed E-state index contributed by atoms with van der Waals surface area (Å²) in [7, 11) is 1.63. The van der Waals surface area contributed by atoms with E-state index in [0.717, 1.165) is 44.8 Å². The molecule has 0 radical (unpaired) electrons. The number of carbonyl (C=O) groups excluding carboxylic acids is 1. The first kappa shape index (κ1) is 32.0. The van der Waals surface area contributed by atoms with Crippen molar-refractivity contribution in [1.82, 2.24) is 10.2 Å². The van der Waals surface area contributed by atoms with E-state index in [1.807, 2.05) is 0 Å². The third kappa shape index (κ3) is 8.36. The maximum absolute atomic E-state index is 13.8. The SMILES string of the molecule is C=CCc1cc(C(F)(F)F)cc(CC2CC2CCOC)c1N=C(C)NC(=O)c1cc(Cl)cc(CN2CCCCC2)c1O. The molecule has 42 heavy (non-hydrogen) atoms. The molecule has 1 aliphatic carbocycles. The van der Waals surface area contributed by atoms with Gasteiger partial charge in [-0.3, -0.25) is 9.69 Å². The van der Waals surface area contributed by atoms with Crippen molar-refractivity contribution in [2.45, 2.75) is 64.6 Å². The van der Waals surface area contributed by atoms with Crippen LogP contribution in [0.15, 0.2) is 41.9 Å². The van der Waals surface area contributed by atoms with E-state index in [4.69, 9.17) is 16.3 Å². The second-order valence-corrected chi connectivity index (χ2v) is 11.8. The topological polar surface area (TPSA) is 74.2 Å². The molecular formula is C32H39ClF3N3O3. The van der Waals surface area contributed by atoms with Gasteiger partial charge in [0, 0.05) is 30.8 Å². The first-order chi connectivity index (χ1) is 20.0. The molecule has 4 rings (SSSR count). The summed E-state index contributed by atoms with van der Waals surface area (Å²) < 4.78 is 46.6. The van der Waals surface area contributed by atoms with Gasteiger partial charge in [-0.15, -0.1) is 6.58 Å². The quantitative estimate of drug-likeness (QED) is 0.158. The molecule has 0 aromatic heterocycles. The Balaban J connectivity index is 1.61. The summed E-state index contributed by atoms with van der Waals surface area (Å²) in [5, 5.41) is 14.0. The molecule has 2 aromatic rings. The number of hydrogen-bond donors (Lipinski definition) is 2. The van der Waals surface area contributed by atoms with Crippen molar-refractivity contribution in [3.63, 3.8) is 0 Å². The number of alkyl halides is 3. The van der Waals surface area contributed by atoms with Crippen LogP contribution >= 0.6 is 11.6 Å². The molecule has 1 aliphatic heterocycles. The normalized spacial score (nSPS) is 19.5. The van der Waals surface area contributed by atoms with Crippen molar-refractivity contribution in [2.75, 3.05) is 26.8 Å². The van der Waals surface area contributed by atoms with E-state index >= 15 is 0 Å². The molecule has 0 bridgehead atoms. The Morgan fingerprint density at radius 1 is 1.17 bits per heavy atom. The number of likely N-dealkylation sites (tertiary alicyclic amines) is 1. The van der Waals surface area contributed by atoms with Crippen molar-refractivity contribution in [3.8, 4) is 5.75 Å². The van der Waals surface area contributed by atoms with Gasteiger partial charge >= 0.3 is 6.18 Å². The number of phenols is 1. The number of rotatable bonds is 11. The summed E-state index contributed by atoms with van der Waals surface area (Å²) in [4.78, 5) is 20.1. The Morgan fingerprint density at radius 2 is 1.88 bits per heavy atom. The van der Waals surface area contributed by atoms with Crippen LogP contribution in [0.4, 0.5) is 18.9 Å². The van der Waals surface area contributed by atoms with Gasteiger partial charge in [0.15, 0.2) is 0 Å². The minimum Gasteiger partial charge on any atom is -0.507 e. The van der Waals surface area contributed by atoms with Crippen LogP contribution in [-0.4, -0.2) is 48.6 Å². The van der Waals surface area contributed by atoms with E-state index in [0.29, 0.717) is 52.9 Å². The number of amidine groups is 1. The number of allylic oxidation sites excluding steroid dienone is 1. The van der Waals surface area contributed by atoms with E-state index in [9.17, 15) is 23.1 Å². The number of nitrogens with one attached hydrogen (secondary N) is 1. The Labute approximate surface area is 250 Å². The number of methoxy groups -OCH3 is 1. The molecule has 228 valence electrons. The molecule has 10 heteroatoms. The smallest absolute Gasteiger partial charge is 0.416 e. The highest BCUT2D eigenvalue weighted by Gasteiger charge is 2.38. The number of piperidine rings is 1. The van der Waals surface area contributed by atoms with Gasteiger partial charge in [-0.2, -0.15) is 13.2 Å². The third-order valence-corrected chi connectivity index (χ3v) is 8.24. The van der Waals surface area contributed by atoms with E-state index in [2.05, 4.69) is 21.8 Å². The Hall–Kier alpha value is -2.88. The molecule has 2 N–H and O–H groups in total. The van der Waals surface area contributed by atoms with Crippen molar-refractivity contribution in [3.05, 3.63) is 69.8 Å². The highest BCUT2D eigenvalue weighted by molar-refractivity contribution is 6.31. The number of halogens is 4. The van der Waals surface area contributed by atoms with Gasteiger partial charge in [0.25, 0.3) is 5.91 Å². The summed E-state index contributed by atoms with van der Waals surface area (Å²) in [5.41, 5.74) is 1.12. The zero-order valence-corrected chi connectivity index (χ0v) is 25.0. The zero-order valence-electron chi connectivity index (χ0n) is 24.2. The maximum atomic E-state index is 13.8. The first-order valence-electron chi connectivity index (χ1n) is 14.4. The molecule has 1 saturated heterocycles. The lowest BCUT2D eigenvalue weighted by Crippen LogP contribution is -2.30. The summed E-state index contributed by atoms with van der Waals surface area (Å²) in [5.74, 6) is 0.0797.